The molecule has 0 saturated heterocycles. The summed E-state index contributed by atoms with van der Waals surface area (Å²) >= 11 is 0. The molecule has 0 aromatic heterocycles. The molecule has 0 aliphatic rings. The van der Waals surface area contributed by atoms with Crippen molar-refractivity contribution in [3.05, 3.63) is 42.0 Å². The molecule has 0 bridgehead atoms. The lowest BCUT2D eigenvalue weighted by Gasteiger charge is -2.12. The molecule has 160 valence electrons. The average Bonchev–Trinajstić information content (AvgIpc) is 2.73. The predicted octanol–water partition coefficient (Wildman–Crippen LogP) is 7.56. The van der Waals surface area contributed by atoms with Crippen molar-refractivity contribution in [3.63, 3.8) is 0 Å². The molecule has 0 spiro atoms. The third-order valence-corrected chi connectivity index (χ3v) is 5.47. The highest BCUT2D eigenvalue weighted by molar-refractivity contribution is 6.07. The van der Waals surface area contributed by atoms with Crippen LogP contribution in [0.1, 0.15) is 88.4 Å². The summed E-state index contributed by atoms with van der Waals surface area (Å²) in [6.45, 7) is 5.08. The number of unbranched alkanes of at least 4 members (excludes halogenated alkanes) is 8. The van der Waals surface area contributed by atoms with E-state index < -0.39 is 0 Å². The van der Waals surface area contributed by atoms with Gasteiger partial charge in [-0.2, -0.15) is 0 Å². The van der Waals surface area contributed by atoms with Crippen LogP contribution >= 0.6 is 0 Å². The molecular weight excluding hydrogens is 360 g/mol. The molecule has 0 aliphatic heterocycles. The maximum absolute atomic E-state index is 12.6. The minimum absolute atomic E-state index is 0.292. The molecule has 3 heteroatoms. The van der Waals surface area contributed by atoms with Gasteiger partial charge in [-0.1, -0.05) is 102 Å². The van der Waals surface area contributed by atoms with E-state index in [9.17, 15) is 4.79 Å². The Balaban J connectivity index is 1.62. The van der Waals surface area contributed by atoms with Crippen molar-refractivity contribution in [2.45, 2.75) is 78.1 Å². The molecule has 0 atom stereocenters. The fourth-order valence-corrected chi connectivity index (χ4v) is 3.76. The quantitative estimate of drug-likeness (QED) is 0.243. The SMILES string of the molecule is COc1ccc2ccccc2c1C(=O)OCCCCCCCCCCCC(C)C. The normalized spacial score (nSPS) is 11.2. The van der Waals surface area contributed by atoms with Crippen LogP contribution in [0.2, 0.25) is 0 Å². The highest BCUT2D eigenvalue weighted by atomic mass is 16.5. The second kappa shape index (κ2) is 13.2. The first kappa shape index (κ1) is 23.3. The average molecular weight is 399 g/mol. The molecule has 29 heavy (non-hydrogen) atoms. The number of methoxy groups -OCH3 is 1. The standard InChI is InChI=1S/C26H38O3/c1-21(2)15-11-9-7-5-4-6-8-10-14-20-29-26(27)25-23-17-13-12-16-22(23)18-19-24(25)28-3/h12-13,16-19,21H,4-11,14-15,20H2,1-3H3. The van der Waals surface area contributed by atoms with Gasteiger partial charge in [-0.3, -0.25) is 0 Å². The van der Waals surface area contributed by atoms with Gasteiger partial charge in [-0.25, -0.2) is 4.79 Å². The minimum Gasteiger partial charge on any atom is -0.496 e. The number of carbonyl (C=O) groups excluding carboxylic acids is 1. The van der Waals surface area contributed by atoms with Gasteiger partial charge in [0.2, 0.25) is 0 Å². The first-order valence-corrected chi connectivity index (χ1v) is 11.4. The summed E-state index contributed by atoms with van der Waals surface area (Å²) in [5.41, 5.74) is 0.531. The number of hydrogen-bond donors (Lipinski definition) is 0. The predicted molar refractivity (Wildman–Crippen MR) is 122 cm³/mol. The molecule has 0 fully saturated rings. The largest absolute Gasteiger partial charge is 0.496 e. The van der Waals surface area contributed by atoms with Gasteiger partial charge in [-0.15, -0.1) is 0 Å². The van der Waals surface area contributed by atoms with Crippen LogP contribution in [-0.4, -0.2) is 19.7 Å². The molecule has 2 rings (SSSR count). The van der Waals surface area contributed by atoms with Crippen LogP contribution in [0.4, 0.5) is 0 Å². The van der Waals surface area contributed by atoms with Gasteiger partial charge in [-0.05, 0) is 29.2 Å². The minimum atomic E-state index is -0.292. The van der Waals surface area contributed by atoms with E-state index >= 15 is 0 Å². The van der Waals surface area contributed by atoms with Crippen LogP contribution in [-0.2, 0) is 4.74 Å². The molecule has 2 aromatic rings. The first-order chi connectivity index (χ1) is 14.1. The number of ether oxygens (including phenoxy) is 2. The molecule has 0 amide bonds. The summed E-state index contributed by atoms with van der Waals surface area (Å²) in [5.74, 6) is 1.12. The van der Waals surface area contributed by atoms with Gasteiger partial charge in [0.1, 0.15) is 11.3 Å². The van der Waals surface area contributed by atoms with Crippen LogP contribution in [0.15, 0.2) is 36.4 Å². The Kier molecular flexibility index (Phi) is 10.6. The van der Waals surface area contributed by atoms with Gasteiger partial charge < -0.3 is 9.47 Å². The molecule has 0 saturated carbocycles. The van der Waals surface area contributed by atoms with Crippen LogP contribution < -0.4 is 4.74 Å². The van der Waals surface area contributed by atoms with Crippen molar-refractivity contribution in [3.8, 4) is 5.75 Å². The zero-order valence-electron chi connectivity index (χ0n) is 18.5. The molecule has 0 radical (unpaired) electrons. The van der Waals surface area contributed by atoms with E-state index in [0.717, 1.165) is 29.5 Å². The van der Waals surface area contributed by atoms with Crippen molar-refractivity contribution in [2.75, 3.05) is 13.7 Å². The lowest BCUT2D eigenvalue weighted by molar-refractivity contribution is 0.0496. The Hall–Kier alpha value is -2.03. The first-order valence-electron chi connectivity index (χ1n) is 11.4. The topological polar surface area (TPSA) is 35.5 Å². The van der Waals surface area contributed by atoms with Gasteiger partial charge in [0.05, 0.1) is 13.7 Å². The van der Waals surface area contributed by atoms with Gasteiger partial charge in [0.25, 0.3) is 0 Å². The molecule has 0 heterocycles. The molecule has 2 aromatic carbocycles. The third-order valence-electron chi connectivity index (χ3n) is 5.47. The maximum atomic E-state index is 12.6. The summed E-state index contributed by atoms with van der Waals surface area (Å²) in [4.78, 5) is 12.6. The van der Waals surface area contributed by atoms with Crippen molar-refractivity contribution in [1.29, 1.82) is 0 Å². The highest BCUT2D eigenvalue weighted by Crippen LogP contribution is 2.28. The number of fused-ring (bicyclic) bond motifs is 1. The summed E-state index contributed by atoms with van der Waals surface area (Å²) < 4.78 is 10.9. The van der Waals surface area contributed by atoms with Gasteiger partial charge in [0.15, 0.2) is 0 Å². The second-order valence-electron chi connectivity index (χ2n) is 8.36. The number of esters is 1. The van der Waals surface area contributed by atoms with Crippen LogP contribution in [0.5, 0.6) is 5.75 Å². The Morgan fingerprint density at radius 3 is 2.10 bits per heavy atom. The van der Waals surface area contributed by atoms with E-state index in [4.69, 9.17) is 9.47 Å². The molecule has 0 aliphatic carbocycles. The van der Waals surface area contributed by atoms with Crippen LogP contribution in [0.3, 0.4) is 0 Å². The molecule has 0 N–H and O–H groups in total. The third kappa shape index (κ3) is 8.08. The second-order valence-corrected chi connectivity index (χ2v) is 8.36. The van der Waals surface area contributed by atoms with E-state index in [0.29, 0.717) is 17.9 Å². The summed E-state index contributed by atoms with van der Waals surface area (Å²) in [5, 5.41) is 1.90. The zero-order chi connectivity index (χ0) is 20.9. The van der Waals surface area contributed by atoms with E-state index in [2.05, 4.69) is 13.8 Å². The van der Waals surface area contributed by atoms with E-state index in [1.807, 2.05) is 36.4 Å². The van der Waals surface area contributed by atoms with E-state index in [1.165, 1.54) is 51.4 Å². The molecule has 3 nitrogen and oxygen atoms in total. The van der Waals surface area contributed by atoms with Crippen molar-refractivity contribution >= 4 is 16.7 Å². The Bertz CT molecular complexity index is 736. The summed E-state index contributed by atoms with van der Waals surface area (Å²) in [7, 11) is 1.59. The Labute approximate surface area is 176 Å². The summed E-state index contributed by atoms with van der Waals surface area (Å²) in [6.07, 6.45) is 12.7. The number of hydrogen-bond acceptors (Lipinski definition) is 3. The number of rotatable bonds is 14. The van der Waals surface area contributed by atoms with Gasteiger partial charge >= 0.3 is 5.97 Å². The lowest BCUT2D eigenvalue weighted by Crippen LogP contribution is -2.09. The summed E-state index contributed by atoms with van der Waals surface area (Å²) in [6, 6.07) is 11.6. The van der Waals surface area contributed by atoms with E-state index in [-0.39, 0.29) is 5.97 Å². The number of benzene rings is 2. The maximum Gasteiger partial charge on any atom is 0.342 e. The number of carbonyl (C=O) groups is 1. The highest BCUT2D eigenvalue weighted by Gasteiger charge is 2.17. The Morgan fingerprint density at radius 1 is 0.828 bits per heavy atom. The Morgan fingerprint density at radius 2 is 1.45 bits per heavy atom. The fraction of sp³-hybridized carbons (Fsp3) is 0.577. The van der Waals surface area contributed by atoms with Crippen molar-refractivity contribution in [2.24, 2.45) is 5.92 Å². The van der Waals surface area contributed by atoms with Crippen molar-refractivity contribution < 1.29 is 14.3 Å². The van der Waals surface area contributed by atoms with Crippen LogP contribution in [0, 0.1) is 5.92 Å². The zero-order valence-corrected chi connectivity index (χ0v) is 18.5. The molecule has 0 unspecified atom stereocenters. The monoisotopic (exact) mass is 398 g/mol. The van der Waals surface area contributed by atoms with Crippen molar-refractivity contribution in [1.82, 2.24) is 0 Å². The lowest BCUT2D eigenvalue weighted by atomic mass is 10.0. The van der Waals surface area contributed by atoms with Gasteiger partial charge in [0, 0.05) is 0 Å². The van der Waals surface area contributed by atoms with Crippen LogP contribution in [0.25, 0.3) is 10.8 Å². The molecular formula is C26H38O3. The van der Waals surface area contributed by atoms with E-state index in [1.54, 1.807) is 7.11 Å². The fourth-order valence-electron chi connectivity index (χ4n) is 3.76. The smallest absolute Gasteiger partial charge is 0.342 e.